The molecule has 1 unspecified atom stereocenters. The summed E-state index contributed by atoms with van der Waals surface area (Å²) in [5.74, 6) is 1.53. The van der Waals surface area contributed by atoms with Gasteiger partial charge in [-0.2, -0.15) is 4.98 Å². The van der Waals surface area contributed by atoms with Crippen LogP contribution in [-0.4, -0.2) is 40.3 Å². The van der Waals surface area contributed by atoms with E-state index in [0.717, 1.165) is 24.3 Å². The molecule has 2 aromatic heterocycles. The van der Waals surface area contributed by atoms with Crippen LogP contribution in [0.4, 0.5) is 0 Å². The minimum absolute atomic E-state index is 0.156. The lowest BCUT2D eigenvalue weighted by Gasteiger charge is -2.19. The molecule has 7 heteroatoms. The van der Waals surface area contributed by atoms with E-state index in [1.54, 1.807) is 14.2 Å². The molecule has 0 aromatic carbocycles. The third-order valence-electron chi connectivity index (χ3n) is 3.18. The summed E-state index contributed by atoms with van der Waals surface area (Å²) in [6, 6.07) is 0.156. The highest BCUT2D eigenvalue weighted by Gasteiger charge is 2.21. The molecule has 6 nitrogen and oxygen atoms in total. The van der Waals surface area contributed by atoms with Crippen molar-refractivity contribution >= 4 is 22.8 Å². The van der Waals surface area contributed by atoms with Crippen LogP contribution in [0.1, 0.15) is 31.6 Å². The van der Waals surface area contributed by atoms with Crippen molar-refractivity contribution in [1.29, 1.82) is 0 Å². The summed E-state index contributed by atoms with van der Waals surface area (Å²) in [5, 5.41) is 0. The number of imidazole rings is 1. The van der Waals surface area contributed by atoms with Crippen molar-refractivity contribution in [2.24, 2.45) is 0 Å². The average molecular weight is 299 g/mol. The van der Waals surface area contributed by atoms with Gasteiger partial charge in [0.25, 0.3) is 0 Å². The molecule has 0 fully saturated rings. The first-order chi connectivity index (χ1) is 9.76. The minimum atomic E-state index is 0.156. The van der Waals surface area contributed by atoms with Crippen LogP contribution in [0, 0.1) is 0 Å². The zero-order valence-electron chi connectivity index (χ0n) is 12.0. The van der Waals surface area contributed by atoms with Gasteiger partial charge in [0.1, 0.15) is 12.2 Å². The second kappa shape index (κ2) is 6.85. The molecule has 0 N–H and O–H groups in total. The van der Waals surface area contributed by atoms with Gasteiger partial charge in [-0.1, -0.05) is 13.3 Å². The normalized spacial score (nSPS) is 12.8. The minimum Gasteiger partial charge on any atom is -0.479 e. The lowest BCUT2D eigenvalue weighted by Crippen LogP contribution is -2.17. The van der Waals surface area contributed by atoms with Crippen LogP contribution in [0.15, 0.2) is 6.33 Å². The monoisotopic (exact) mass is 298 g/mol. The quantitative estimate of drug-likeness (QED) is 0.735. The number of rotatable bonds is 7. The van der Waals surface area contributed by atoms with Crippen molar-refractivity contribution in [3.8, 4) is 5.88 Å². The van der Waals surface area contributed by atoms with Gasteiger partial charge >= 0.3 is 0 Å². The van der Waals surface area contributed by atoms with Gasteiger partial charge in [0.05, 0.1) is 25.6 Å². The van der Waals surface area contributed by atoms with E-state index in [1.807, 2.05) is 4.57 Å². The molecule has 0 aliphatic carbocycles. The molecule has 2 aromatic rings. The average Bonchev–Trinajstić information content (AvgIpc) is 2.85. The van der Waals surface area contributed by atoms with Gasteiger partial charge in [0.2, 0.25) is 5.88 Å². The Labute approximate surface area is 123 Å². The first kappa shape index (κ1) is 15.0. The number of alkyl halides is 1. The van der Waals surface area contributed by atoms with E-state index >= 15 is 0 Å². The predicted octanol–water partition coefficient (Wildman–Crippen LogP) is 2.56. The van der Waals surface area contributed by atoms with Crippen LogP contribution in [0.5, 0.6) is 5.88 Å². The van der Waals surface area contributed by atoms with Gasteiger partial charge in [-0.15, -0.1) is 11.6 Å². The first-order valence-electron chi connectivity index (χ1n) is 6.57. The van der Waals surface area contributed by atoms with Gasteiger partial charge in [-0.05, 0) is 6.42 Å². The summed E-state index contributed by atoms with van der Waals surface area (Å²) in [6.07, 6.45) is 3.49. The van der Waals surface area contributed by atoms with Crippen LogP contribution in [0.25, 0.3) is 11.2 Å². The van der Waals surface area contributed by atoms with Crippen molar-refractivity contribution in [3.63, 3.8) is 0 Å². The number of nitrogens with zero attached hydrogens (tertiary/aromatic N) is 4. The SMILES string of the molecule is CCCC(COC)n1c(CCl)nc2c(OC)ncnc21. The molecule has 0 bridgehead atoms. The molecule has 0 saturated heterocycles. The maximum atomic E-state index is 6.03. The highest BCUT2D eigenvalue weighted by molar-refractivity contribution is 6.16. The van der Waals surface area contributed by atoms with Crippen molar-refractivity contribution in [3.05, 3.63) is 12.2 Å². The Kier molecular flexibility index (Phi) is 5.14. The van der Waals surface area contributed by atoms with Gasteiger partial charge < -0.3 is 14.0 Å². The second-order valence-corrected chi connectivity index (χ2v) is 4.75. The molecule has 0 aliphatic rings. The molecule has 0 spiro atoms. The number of ether oxygens (including phenoxy) is 2. The number of fused-ring (bicyclic) bond motifs is 1. The van der Waals surface area contributed by atoms with Crippen LogP contribution >= 0.6 is 11.6 Å². The highest BCUT2D eigenvalue weighted by atomic mass is 35.5. The molecule has 0 radical (unpaired) electrons. The summed E-state index contributed by atoms with van der Waals surface area (Å²) in [7, 11) is 3.26. The van der Waals surface area contributed by atoms with E-state index in [-0.39, 0.29) is 6.04 Å². The van der Waals surface area contributed by atoms with Gasteiger partial charge in [-0.25, -0.2) is 9.97 Å². The number of methoxy groups -OCH3 is 2. The molecule has 2 rings (SSSR count). The molecule has 0 aliphatic heterocycles. The number of aromatic nitrogens is 4. The van der Waals surface area contributed by atoms with E-state index in [1.165, 1.54) is 6.33 Å². The number of hydrogen-bond donors (Lipinski definition) is 0. The Morgan fingerprint density at radius 3 is 2.75 bits per heavy atom. The number of hydrogen-bond acceptors (Lipinski definition) is 5. The van der Waals surface area contributed by atoms with Crippen molar-refractivity contribution in [2.45, 2.75) is 31.7 Å². The van der Waals surface area contributed by atoms with E-state index in [0.29, 0.717) is 23.9 Å². The lowest BCUT2D eigenvalue weighted by atomic mass is 10.2. The third kappa shape index (κ3) is 2.71. The molecule has 1 atom stereocenters. The standard InChI is InChI=1S/C13H19ClN4O2/c1-4-5-9(7-19-2)18-10(6-14)17-11-12(18)15-8-16-13(11)20-3/h8-9H,4-7H2,1-3H3. The summed E-state index contributed by atoms with van der Waals surface area (Å²) in [6.45, 7) is 2.73. The van der Waals surface area contributed by atoms with Gasteiger partial charge in [0, 0.05) is 7.11 Å². The molecular weight excluding hydrogens is 280 g/mol. The van der Waals surface area contributed by atoms with E-state index in [4.69, 9.17) is 21.1 Å². The molecule has 110 valence electrons. The Balaban J connectivity index is 2.59. The van der Waals surface area contributed by atoms with Gasteiger partial charge in [-0.3, -0.25) is 0 Å². The zero-order valence-corrected chi connectivity index (χ0v) is 12.7. The van der Waals surface area contributed by atoms with E-state index in [9.17, 15) is 0 Å². The molecule has 20 heavy (non-hydrogen) atoms. The molecule has 2 heterocycles. The highest BCUT2D eigenvalue weighted by Crippen LogP contribution is 2.27. The summed E-state index contributed by atoms with van der Waals surface area (Å²) < 4.78 is 12.6. The van der Waals surface area contributed by atoms with Crippen LogP contribution in [-0.2, 0) is 10.6 Å². The molecular formula is C13H19ClN4O2. The van der Waals surface area contributed by atoms with Crippen molar-refractivity contribution in [1.82, 2.24) is 19.5 Å². The maximum absolute atomic E-state index is 6.03. The summed E-state index contributed by atoms with van der Waals surface area (Å²) in [5.41, 5.74) is 1.38. The van der Waals surface area contributed by atoms with Gasteiger partial charge in [0.15, 0.2) is 11.2 Å². The largest absolute Gasteiger partial charge is 0.479 e. The lowest BCUT2D eigenvalue weighted by molar-refractivity contribution is 0.151. The van der Waals surface area contributed by atoms with Crippen molar-refractivity contribution in [2.75, 3.05) is 20.8 Å². The molecule has 0 amide bonds. The summed E-state index contributed by atoms with van der Waals surface area (Å²) in [4.78, 5) is 12.9. The zero-order chi connectivity index (χ0) is 14.5. The van der Waals surface area contributed by atoms with E-state index < -0.39 is 0 Å². The Bertz CT molecular complexity index is 567. The fourth-order valence-electron chi connectivity index (χ4n) is 2.37. The Morgan fingerprint density at radius 1 is 1.35 bits per heavy atom. The summed E-state index contributed by atoms with van der Waals surface area (Å²) >= 11 is 6.03. The third-order valence-corrected chi connectivity index (χ3v) is 3.41. The number of halogens is 1. The van der Waals surface area contributed by atoms with Crippen LogP contribution in [0.2, 0.25) is 0 Å². The predicted molar refractivity (Wildman–Crippen MR) is 77.3 cm³/mol. The van der Waals surface area contributed by atoms with Crippen molar-refractivity contribution < 1.29 is 9.47 Å². The topological polar surface area (TPSA) is 62.1 Å². The Hall–Kier alpha value is -1.40. The van der Waals surface area contributed by atoms with Crippen LogP contribution in [0.3, 0.4) is 0 Å². The van der Waals surface area contributed by atoms with E-state index in [2.05, 4.69) is 21.9 Å². The maximum Gasteiger partial charge on any atom is 0.245 e. The fourth-order valence-corrected chi connectivity index (χ4v) is 2.56. The second-order valence-electron chi connectivity index (χ2n) is 4.48. The Morgan fingerprint density at radius 2 is 2.15 bits per heavy atom. The fraction of sp³-hybridized carbons (Fsp3) is 0.615. The molecule has 0 saturated carbocycles. The van der Waals surface area contributed by atoms with Crippen LogP contribution < -0.4 is 4.74 Å². The first-order valence-corrected chi connectivity index (χ1v) is 7.10. The smallest absolute Gasteiger partial charge is 0.245 e.